The van der Waals surface area contributed by atoms with Crippen molar-refractivity contribution in [2.45, 2.75) is 19.4 Å². The van der Waals surface area contributed by atoms with Gasteiger partial charge in [0.1, 0.15) is 0 Å². The molecule has 0 aliphatic heterocycles. The molecule has 0 radical (unpaired) electrons. The summed E-state index contributed by atoms with van der Waals surface area (Å²) in [5.74, 6) is 0.0126. The molecule has 1 aromatic carbocycles. The summed E-state index contributed by atoms with van der Waals surface area (Å²) in [6.07, 6.45) is 0.823. The van der Waals surface area contributed by atoms with Gasteiger partial charge in [-0.15, -0.1) is 12.4 Å². The van der Waals surface area contributed by atoms with Crippen molar-refractivity contribution in [2.24, 2.45) is 0 Å². The Morgan fingerprint density at radius 2 is 2.20 bits per heavy atom. The van der Waals surface area contributed by atoms with Crippen LogP contribution in [0, 0.1) is 0 Å². The lowest BCUT2D eigenvalue weighted by Gasteiger charge is -2.14. The number of ether oxygens (including phenoxy) is 1. The molecule has 1 atom stereocenters. The van der Waals surface area contributed by atoms with Crippen LogP contribution in [0.15, 0.2) is 28.7 Å². The second-order valence-corrected chi connectivity index (χ2v) is 5.39. The van der Waals surface area contributed by atoms with Gasteiger partial charge < -0.3 is 15.4 Å². The van der Waals surface area contributed by atoms with E-state index >= 15 is 0 Å². The number of rotatable bonds is 8. The molecule has 4 nitrogen and oxygen atoms in total. The van der Waals surface area contributed by atoms with Crippen LogP contribution in [0.3, 0.4) is 0 Å². The van der Waals surface area contributed by atoms with Gasteiger partial charge in [-0.05, 0) is 31.0 Å². The molecule has 0 bridgehead atoms. The molecule has 20 heavy (non-hydrogen) atoms. The standard InChI is InChI=1S/C14H21BrN2O2.ClH/c1-11(8-12-4-3-5-13(15)9-12)17-14(18)10-16-6-7-19-2;/h3-5,9,11,16H,6-8,10H2,1-2H3,(H,17,18);1H. The average Bonchev–Trinajstić information content (AvgIpc) is 2.34. The van der Waals surface area contributed by atoms with Gasteiger partial charge in [0.05, 0.1) is 13.2 Å². The summed E-state index contributed by atoms with van der Waals surface area (Å²) in [6.45, 7) is 3.63. The van der Waals surface area contributed by atoms with Crippen molar-refractivity contribution in [3.8, 4) is 0 Å². The minimum Gasteiger partial charge on any atom is -0.383 e. The predicted octanol–water partition coefficient (Wildman–Crippen LogP) is 2.15. The lowest BCUT2D eigenvalue weighted by atomic mass is 10.1. The van der Waals surface area contributed by atoms with Crippen molar-refractivity contribution in [3.63, 3.8) is 0 Å². The Bertz CT molecular complexity index is 405. The van der Waals surface area contributed by atoms with Gasteiger partial charge in [-0.25, -0.2) is 0 Å². The highest BCUT2D eigenvalue weighted by molar-refractivity contribution is 9.10. The maximum atomic E-state index is 11.7. The first-order valence-electron chi connectivity index (χ1n) is 6.35. The maximum absolute atomic E-state index is 11.7. The first-order valence-corrected chi connectivity index (χ1v) is 7.14. The van der Waals surface area contributed by atoms with Crippen LogP contribution in [0.2, 0.25) is 0 Å². The largest absolute Gasteiger partial charge is 0.383 e. The smallest absolute Gasteiger partial charge is 0.234 e. The van der Waals surface area contributed by atoms with E-state index in [1.54, 1.807) is 7.11 Å². The predicted molar refractivity (Wildman–Crippen MR) is 87.4 cm³/mol. The lowest BCUT2D eigenvalue weighted by molar-refractivity contribution is -0.120. The Kier molecular flexibility index (Phi) is 10.7. The Hall–Kier alpha value is -0.620. The van der Waals surface area contributed by atoms with Crippen LogP contribution in [-0.4, -0.2) is 38.8 Å². The summed E-state index contributed by atoms with van der Waals surface area (Å²) in [6, 6.07) is 8.24. The zero-order valence-corrected chi connectivity index (χ0v) is 14.2. The van der Waals surface area contributed by atoms with Crippen molar-refractivity contribution in [3.05, 3.63) is 34.3 Å². The van der Waals surface area contributed by atoms with Crippen LogP contribution in [0.25, 0.3) is 0 Å². The molecule has 1 unspecified atom stereocenters. The molecule has 1 rings (SSSR count). The highest BCUT2D eigenvalue weighted by Crippen LogP contribution is 2.12. The fourth-order valence-corrected chi connectivity index (χ4v) is 2.22. The quantitative estimate of drug-likeness (QED) is 0.694. The Morgan fingerprint density at radius 1 is 1.45 bits per heavy atom. The van der Waals surface area contributed by atoms with Crippen molar-refractivity contribution in [2.75, 3.05) is 26.8 Å². The first-order chi connectivity index (χ1) is 9.11. The molecule has 0 aliphatic rings. The number of carbonyl (C=O) groups is 1. The molecule has 0 heterocycles. The van der Waals surface area contributed by atoms with Gasteiger partial charge >= 0.3 is 0 Å². The minimum absolute atomic E-state index is 0. The molecule has 0 fully saturated rings. The van der Waals surface area contributed by atoms with E-state index in [0.29, 0.717) is 19.7 Å². The molecular weight excluding hydrogens is 344 g/mol. The van der Waals surface area contributed by atoms with Crippen LogP contribution in [0.5, 0.6) is 0 Å². The van der Waals surface area contributed by atoms with E-state index in [4.69, 9.17) is 4.74 Å². The van der Waals surface area contributed by atoms with E-state index in [-0.39, 0.29) is 24.4 Å². The topological polar surface area (TPSA) is 50.4 Å². The summed E-state index contributed by atoms with van der Waals surface area (Å²) < 4.78 is 5.96. The van der Waals surface area contributed by atoms with Gasteiger partial charge in [-0.1, -0.05) is 28.1 Å². The van der Waals surface area contributed by atoms with Crippen LogP contribution in [0.1, 0.15) is 12.5 Å². The monoisotopic (exact) mass is 364 g/mol. The Balaban J connectivity index is 0.00000361. The van der Waals surface area contributed by atoms with Gasteiger partial charge in [0, 0.05) is 24.2 Å². The van der Waals surface area contributed by atoms with E-state index in [0.717, 1.165) is 10.9 Å². The summed E-state index contributed by atoms with van der Waals surface area (Å²) in [4.78, 5) is 11.7. The lowest BCUT2D eigenvalue weighted by Crippen LogP contribution is -2.40. The second kappa shape index (κ2) is 11.1. The Morgan fingerprint density at radius 3 is 2.85 bits per heavy atom. The van der Waals surface area contributed by atoms with E-state index in [9.17, 15) is 4.79 Å². The third kappa shape index (κ3) is 8.53. The number of amides is 1. The molecule has 1 amide bonds. The highest BCUT2D eigenvalue weighted by Gasteiger charge is 2.07. The fraction of sp³-hybridized carbons (Fsp3) is 0.500. The van der Waals surface area contributed by atoms with Crippen molar-refractivity contribution in [1.29, 1.82) is 0 Å². The molecule has 0 saturated carbocycles. The van der Waals surface area contributed by atoms with E-state index in [2.05, 4.69) is 38.7 Å². The molecule has 1 aromatic rings. The van der Waals surface area contributed by atoms with Crippen LogP contribution in [0.4, 0.5) is 0 Å². The Labute approximate surface area is 135 Å². The third-order valence-corrected chi connectivity index (χ3v) is 3.10. The van der Waals surface area contributed by atoms with Crippen molar-refractivity contribution in [1.82, 2.24) is 10.6 Å². The molecule has 0 saturated heterocycles. The number of carbonyl (C=O) groups excluding carboxylic acids is 1. The number of nitrogens with one attached hydrogen (secondary N) is 2. The minimum atomic E-state index is 0. The second-order valence-electron chi connectivity index (χ2n) is 4.47. The summed E-state index contributed by atoms with van der Waals surface area (Å²) >= 11 is 3.44. The SMILES string of the molecule is COCCNCC(=O)NC(C)Cc1cccc(Br)c1.Cl. The molecule has 0 aliphatic carbocycles. The summed E-state index contributed by atoms with van der Waals surface area (Å²) in [5.41, 5.74) is 1.20. The van der Waals surface area contributed by atoms with Gasteiger partial charge in [0.2, 0.25) is 5.91 Å². The van der Waals surface area contributed by atoms with Gasteiger partial charge in [0.15, 0.2) is 0 Å². The normalized spacial score (nSPS) is 11.6. The van der Waals surface area contributed by atoms with E-state index in [1.807, 2.05) is 19.1 Å². The van der Waals surface area contributed by atoms with Gasteiger partial charge in [-0.3, -0.25) is 4.79 Å². The summed E-state index contributed by atoms with van der Waals surface area (Å²) in [5, 5.41) is 5.99. The zero-order valence-electron chi connectivity index (χ0n) is 11.8. The van der Waals surface area contributed by atoms with Crippen LogP contribution in [-0.2, 0) is 16.0 Å². The van der Waals surface area contributed by atoms with Crippen molar-refractivity contribution < 1.29 is 9.53 Å². The fourth-order valence-electron chi connectivity index (χ4n) is 1.77. The first kappa shape index (κ1) is 19.4. The molecule has 114 valence electrons. The number of hydrogen-bond acceptors (Lipinski definition) is 3. The molecule has 0 aromatic heterocycles. The van der Waals surface area contributed by atoms with E-state index in [1.165, 1.54) is 5.56 Å². The number of methoxy groups -OCH3 is 1. The van der Waals surface area contributed by atoms with E-state index < -0.39 is 0 Å². The average molecular weight is 366 g/mol. The number of halogens is 2. The van der Waals surface area contributed by atoms with Crippen LogP contribution >= 0.6 is 28.3 Å². The molecular formula is C14H22BrClN2O2. The highest BCUT2D eigenvalue weighted by atomic mass is 79.9. The number of benzene rings is 1. The molecule has 6 heteroatoms. The molecule has 0 spiro atoms. The van der Waals surface area contributed by atoms with Crippen molar-refractivity contribution >= 4 is 34.2 Å². The molecule has 2 N–H and O–H groups in total. The summed E-state index contributed by atoms with van der Waals surface area (Å²) in [7, 11) is 1.64. The number of hydrogen-bond donors (Lipinski definition) is 2. The third-order valence-electron chi connectivity index (χ3n) is 2.61. The maximum Gasteiger partial charge on any atom is 0.234 e. The zero-order chi connectivity index (χ0) is 14.1. The van der Waals surface area contributed by atoms with Gasteiger partial charge in [0.25, 0.3) is 0 Å². The van der Waals surface area contributed by atoms with Gasteiger partial charge in [-0.2, -0.15) is 0 Å². The van der Waals surface area contributed by atoms with Crippen LogP contribution < -0.4 is 10.6 Å².